The number of nitrogens with zero attached hydrogens (tertiary/aromatic N) is 4. The molecular formula is C16H14BrCl2N5O. The van der Waals surface area contributed by atoms with Crippen molar-refractivity contribution in [3.8, 4) is 0 Å². The van der Waals surface area contributed by atoms with Crippen LogP contribution in [0.3, 0.4) is 0 Å². The molecule has 130 valence electrons. The van der Waals surface area contributed by atoms with Gasteiger partial charge in [0.05, 0.1) is 27.3 Å². The Balaban J connectivity index is 1.64. The maximum Gasteiger partial charge on any atom is 0.250 e. The second kappa shape index (κ2) is 7.59. The molecule has 0 aliphatic rings. The van der Waals surface area contributed by atoms with E-state index in [0.717, 1.165) is 10.0 Å². The summed E-state index contributed by atoms with van der Waals surface area (Å²) in [6.07, 6.45) is 5.16. The fourth-order valence-electron chi connectivity index (χ4n) is 2.22. The van der Waals surface area contributed by atoms with E-state index in [0.29, 0.717) is 22.4 Å². The lowest BCUT2D eigenvalue weighted by molar-refractivity contribution is -0.119. The second-order valence-electron chi connectivity index (χ2n) is 5.45. The first-order chi connectivity index (χ1) is 11.9. The van der Waals surface area contributed by atoms with E-state index in [9.17, 15) is 4.79 Å². The van der Waals surface area contributed by atoms with Gasteiger partial charge in [0, 0.05) is 18.5 Å². The first kappa shape index (κ1) is 18.0. The van der Waals surface area contributed by atoms with E-state index in [1.807, 2.05) is 6.07 Å². The van der Waals surface area contributed by atoms with Crippen molar-refractivity contribution < 1.29 is 4.79 Å². The van der Waals surface area contributed by atoms with Gasteiger partial charge in [0.15, 0.2) is 5.82 Å². The van der Waals surface area contributed by atoms with Crippen molar-refractivity contribution in [3.05, 3.63) is 62.9 Å². The molecule has 0 fully saturated rings. The Hall–Kier alpha value is -1.83. The summed E-state index contributed by atoms with van der Waals surface area (Å²) in [5.41, 5.74) is 0.963. The fraction of sp³-hybridized carbons (Fsp3) is 0.188. The number of hydrogen-bond acceptors (Lipinski definition) is 3. The van der Waals surface area contributed by atoms with E-state index in [4.69, 9.17) is 23.2 Å². The highest BCUT2D eigenvalue weighted by molar-refractivity contribution is 9.10. The molecule has 0 aliphatic carbocycles. The van der Waals surface area contributed by atoms with Crippen LogP contribution in [0.15, 0.2) is 47.3 Å². The number of carbonyl (C=O) groups excluding carboxylic acids is 1. The molecule has 3 aromatic rings. The van der Waals surface area contributed by atoms with E-state index in [1.54, 1.807) is 53.1 Å². The standard InChI is InChI=1S/C16H14BrCl2N5O/c1-10(24-9-12(17)7-20-24)16(25)21-15-4-5-23(22-15)8-11-2-3-13(18)14(19)6-11/h2-7,9-10H,8H2,1H3,(H,21,22,25). The summed E-state index contributed by atoms with van der Waals surface area (Å²) in [5.74, 6) is 0.276. The van der Waals surface area contributed by atoms with Crippen molar-refractivity contribution in [3.63, 3.8) is 0 Å². The number of anilines is 1. The molecule has 1 N–H and O–H groups in total. The zero-order valence-corrected chi connectivity index (χ0v) is 16.3. The Morgan fingerprint density at radius 3 is 2.80 bits per heavy atom. The minimum Gasteiger partial charge on any atom is -0.307 e. The van der Waals surface area contributed by atoms with Gasteiger partial charge in [0.2, 0.25) is 5.91 Å². The number of halogens is 3. The quantitative estimate of drug-likeness (QED) is 0.636. The Labute approximate surface area is 162 Å². The molecule has 9 heteroatoms. The minimum atomic E-state index is -0.452. The summed E-state index contributed by atoms with van der Waals surface area (Å²) in [4.78, 5) is 12.3. The van der Waals surface area contributed by atoms with E-state index < -0.39 is 6.04 Å². The van der Waals surface area contributed by atoms with Crippen molar-refractivity contribution in [2.75, 3.05) is 5.32 Å². The maximum atomic E-state index is 12.3. The lowest BCUT2D eigenvalue weighted by atomic mass is 10.2. The summed E-state index contributed by atoms with van der Waals surface area (Å²) in [6, 6.07) is 6.70. The fourth-order valence-corrected chi connectivity index (χ4v) is 2.84. The van der Waals surface area contributed by atoms with Crippen LogP contribution >= 0.6 is 39.1 Å². The van der Waals surface area contributed by atoms with E-state index in [1.165, 1.54) is 0 Å². The highest BCUT2D eigenvalue weighted by Gasteiger charge is 2.17. The Morgan fingerprint density at radius 2 is 2.12 bits per heavy atom. The average Bonchev–Trinajstić information content (AvgIpc) is 3.19. The van der Waals surface area contributed by atoms with Gasteiger partial charge in [0.25, 0.3) is 0 Å². The molecule has 6 nitrogen and oxygen atoms in total. The Kier molecular flexibility index (Phi) is 5.46. The van der Waals surface area contributed by atoms with E-state index in [-0.39, 0.29) is 5.91 Å². The van der Waals surface area contributed by atoms with Crippen LogP contribution in [0.5, 0.6) is 0 Å². The van der Waals surface area contributed by atoms with Gasteiger partial charge in [-0.1, -0.05) is 29.3 Å². The predicted octanol–water partition coefficient (Wildman–Crippen LogP) is 4.40. The number of carbonyl (C=O) groups is 1. The number of nitrogens with one attached hydrogen (secondary N) is 1. The van der Waals surface area contributed by atoms with Gasteiger partial charge in [-0.25, -0.2) is 0 Å². The Bertz CT molecular complexity index is 908. The normalized spacial score (nSPS) is 12.2. The molecule has 0 spiro atoms. The summed E-state index contributed by atoms with van der Waals surface area (Å²) in [7, 11) is 0. The third kappa shape index (κ3) is 4.42. The highest BCUT2D eigenvalue weighted by atomic mass is 79.9. The maximum absolute atomic E-state index is 12.3. The molecule has 0 saturated heterocycles. The lowest BCUT2D eigenvalue weighted by Gasteiger charge is -2.11. The van der Waals surface area contributed by atoms with Gasteiger partial charge >= 0.3 is 0 Å². The zero-order valence-electron chi connectivity index (χ0n) is 13.2. The summed E-state index contributed by atoms with van der Waals surface area (Å²) >= 11 is 15.2. The second-order valence-corrected chi connectivity index (χ2v) is 7.18. The number of aromatic nitrogens is 4. The third-order valence-electron chi connectivity index (χ3n) is 3.57. The predicted molar refractivity (Wildman–Crippen MR) is 101 cm³/mol. The molecule has 1 atom stereocenters. The molecular weight excluding hydrogens is 429 g/mol. The topological polar surface area (TPSA) is 64.7 Å². The van der Waals surface area contributed by atoms with Gasteiger partial charge in [-0.2, -0.15) is 10.2 Å². The van der Waals surface area contributed by atoms with Gasteiger partial charge in [-0.15, -0.1) is 0 Å². The highest BCUT2D eigenvalue weighted by Crippen LogP contribution is 2.23. The number of rotatable bonds is 5. The molecule has 1 unspecified atom stereocenters. The first-order valence-electron chi connectivity index (χ1n) is 7.40. The van der Waals surface area contributed by atoms with Crippen LogP contribution in [0, 0.1) is 0 Å². The van der Waals surface area contributed by atoms with Crippen LogP contribution in [0.1, 0.15) is 18.5 Å². The Morgan fingerprint density at radius 1 is 1.32 bits per heavy atom. The van der Waals surface area contributed by atoms with Crippen molar-refractivity contribution in [2.45, 2.75) is 19.5 Å². The van der Waals surface area contributed by atoms with E-state index >= 15 is 0 Å². The van der Waals surface area contributed by atoms with Crippen LogP contribution in [0.4, 0.5) is 5.82 Å². The number of hydrogen-bond donors (Lipinski definition) is 1. The van der Waals surface area contributed by atoms with Gasteiger partial charge in [-0.3, -0.25) is 14.2 Å². The third-order valence-corrected chi connectivity index (χ3v) is 4.72. The van der Waals surface area contributed by atoms with Crippen LogP contribution in [0.25, 0.3) is 0 Å². The molecule has 0 saturated carbocycles. The molecule has 2 aromatic heterocycles. The van der Waals surface area contributed by atoms with Gasteiger partial charge in [-0.05, 0) is 40.5 Å². The summed E-state index contributed by atoms with van der Waals surface area (Å²) in [6.45, 7) is 2.29. The smallest absolute Gasteiger partial charge is 0.250 e. The molecule has 25 heavy (non-hydrogen) atoms. The zero-order chi connectivity index (χ0) is 18.0. The lowest BCUT2D eigenvalue weighted by Crippen LogP contribution is -2.24. The monoisotopic (exact) mass is 441 g/mol. The molecule has 0 bridgehead atoms. The van der Waals surface area contributed by atoms with Crippen LogP contribution in [-0.2, 0) is 11.3 Å². The van der Waals surface area contributed by atoms with Crippen LogP contribution in [-0.4, -0.2) is 25.5 Å². The van der Waals surface area contributed by atoms with Crippen molar-refractivity contribution in [1.29, 1.82) is 0 Å². The average molecular weight is 443 g/mol. The largest absolute Gasteiger partial charge is 0.307 e. The molecule has 0 radical (unpaired) electrons. The molecule has 2 heterocycles. The first-order valence-corrected chi connectivity index (χ1v) is 8.95. The summed E-state index contributed by atoms with van der Waals surface area (Å²) < 4.78 is 4.11. The van der Waals surface area contributed by atoms with Crippen molar-refractivity contribution >= 4 is 50.9 Å². The number of benzene rings is 1. The van der Waals surface area contributed by atoms with Crippen molar-refractivity contribution in [2.24, 2.45) is 0 Å². The minimum absolute atomic E-state index is 0.199. The van der Waals surface area contributed by atoms with E-state index in [2.05, 4.69) is 31.4 Å². The molecule has 1 aromatic carbocycles. The SMILES string of the molecule is CC(C(=O)Nc1ccn(Cc2ccc(Cl)c(Cl)c2)n1)n1cc(Br)cn1. The van der Waals surface area contributed by atoms with Gasteiger partial charge < -0.3 is 5.32 Å². The van der Waals surface area contributed by atoms with Crippen LogP contribution in [0.2, 0.25) is 10.0 Å². The van der Waals surface area contributed by atoms with Crippen molar-refractivity contribution in [1.82, 2.24) is 19.6 Å². The number of amides is 1. The molecule has 1 amide bonds. The van der Waals surface area contributed by atoms with Gasteiger partial charge in [0.1, 0.15) is 6.04 Å². The van der Waals surface area contributed by atoms with Crippen LogP contribution < -0.4 is 5.32 Å². The molecule has 3 rings (SSSR count). The molecule has 0 aliphatic heterocycles. The summed E-state index contributed by atoms with van der Waals surface area (Å²) in [5, 5.41) is 12.3.